The van der Waals surface area contributed by atoms with E-state index in [1.54, 1.807) is 151 Å². The molecule has 16 aromatic rings. The van der Waals surface area contributed by atoms with Gasteiger partial charge in [-0.2, -0.15) is 10.2 Å². The summed E-state index contributed by atoms with van der Waals surface area (Å²) in [5.41, 5.74) is 5.95. The molecule has 0 saturated heterocycles. The molecule has 0 aliphatic heterocycles. The Morgan fingerprint density at radius 2 is 0.750 bits per heavy atom. The van der Waals surface area contributed by atoms with Crippen molar-refractivity contribution in [1.29, 1.82) is 0 Å². The van der Waals surface area contributed by atoms with Gasteiger partial charge in [-0.05, 0) is 81.4 Å². The highest BCUT2D eigenvalue weighted by atomic mass is 35.5. The highest BCUT2D eigenvalue weighted by molar-refractivity contribution is 7.18. The van der Waals surface area contributed by atoms with E-state index in [0.717, 1.165) is 21.3 Å². The maximum atomic E-state index is 11.6. The molecule has 0 aromatic carbocycles. The van der Waals surface area contributed by atoms with Gasteiger partial charge in [0.05, 0.1) is 132 Å². The topological polar surface area (TPSA) is 576 Å². The number of halogens is 1. The van der Waals surface area contributed by atoms with Crippen molar-refractivity contribution in [3.05, 3.63) is 222 Å². The van der Waals surface area contributed by atoms with Gasteiger partial charge in [-0.3, -0.25) is 47.7 Å². The summed E-state index contributed by atoms with van der Waals surface area (Å²) in [6.45, 7) is 19.4. The Kier molecular flexibility index (Phi) is 33.0. The fourth-order valence-corrected chi connectivity index (χ4v) is 13.7. The number of rotatable bonds is 16. The third-order valence-corrected chi connectivity index (χ3v) is 20.1. The molecule has 0 aliphatic rings. The van der Waals surface area contributed by atoms with Gasteiger partial charge in [-0.15, -0.1) is 22.7 Å². The zero-order chi connectivity index (χ0) is 93.7. The van der Waals surface area contributed by atoms with Gasteiger partial charge in [0, 0.05) is 70.2 Å². The smallest absolute Gasteiger partial charge is 0.293 e. The predicted molar refractivity (Wildman–Crippen MR) is 476 cm³/mol. The standard InChI is InChI=1S/4C10H12N4O2.C10H11N3O3.2C10H11N3O2S.C9H8ClN3O2S/c1-6-8(16-3)10(15)13-9(12-6)7-4-14(2)5-11-7;1-6-8(16-3)10(15)13-9(12-6)7-4-11-5-14(7)2;1-6-8(16-3)10(15)12-9(11-6)7-4-5-14(2)13-7;1-6-8(16-3)10(15)13-9(12-6)7-4-5-11-14(7)2;2*1-5-8(15-3)10(14)13-9(11-5)7-4-16-6(2)12-7;1-5-4-11-10(16-5)8-12-6(2)7(15-3)9(14)13-8;1-4-6(15-2)8(14)13-7(12-4)9-11-3-5(10)16-9/h2*4-5H,1-3H3,(H,12,13,15);4-5H,1-3H3,(H,11,12,15);4-5H,1-3H3,(H,12,13,15);2*4H,1-3H3,(H,11,13,14);4H,1-3H3,(H,12,13,14);3H,1-2H3,(H,12,13,14). The van der Waals surface area contributed by atoms with E-state index in [1.807, 2.05) is 33.3 Å². The number of nitrogens with zero attached hydrogens (tertiary/aromatic N) is 20. The first-order chi connectivity index (χ1) is 60.9. The normalized spacial score (nSPS) is 10.4. The van der Waals surface area contributed by atoms with E-state index in [9.17, 15) is 38.4 Å². The lowest BCUT2D eigenvalue weighted by atomic mass is 10.3. The van der Waals surface area contributed by atoms with Crippen molar-refractivity contribution >= 4 is 45.6 Å². The molecule has 16 aromatic heterocycles. The van der Waals surface area contributed by atoms with Gasteiger partial charge in [0.2, 0.25) is 46.0 Å². The summed E-state index contributed by atoms with van der Waals surface area (Å²) in [6.07, 6.45) is 14.9. The lowest BCUT2D eigenvalue weighted by Crippen LogP contribution is -2.14. The molecule has 0 saturated carbocycles. The summed E-state index contributed by atoms with van der Waals surface area (Å²) in [5, 5.41) is 12.3. The molecule has 128 heavy (non-hydrogen) atoms. The Balaban J connectivity index is 0.000000165. The monoisotopic (exact) mass is 1830 g/mol. The third kappa shape index (κ3) is 24.2. The number of thiazole rings is 3. The molecule has 0 radical (unpaired) electrons. The van der Waals surface area contributed by atoms with Crippen molar-refractivity contribution in [1.82, 2.24) is 138 Å². The third-order valence-electron chi connectivity index (χ3n) is 17.3. The van der Waals surface area contributed by atoms with Crippen LogP contribution < -0.4 is 82.4 Å². The molecule has 0 fully saturated rings. The number of imidazole rings is 2. The van der Waals surface area contributed by atoms with Crippen molar-refractivity contribution in [2.45, 2.75) is 76.2 Å². The van der Waals surface area contributed by atoms with Crippen LogP contribution in [0, 0.1) is 76.2 Å². The van der Waals surface area contributed by atoms with Crippen LogP contribution in [0.15, 0.2) is 116 Å². The maximum Gasteiger partial charge on any atom is 0.293 e. The lowest BCUT2D eigenvalue weighted by Gasteiger charge is -2.05. The quantitative estimate of drug-likeness (QED) is 0.0455. The summed E-state index contributed by atoms with van der Waals surface area (Å²) in [7, 11) is 18.8. The number of methoxy groups -OCH3 is 8. The summed E-state index contributed by atoms with van der Waals surface area (Å²) in [5.74, 6) is 6.01. The van der Waals surface area contributed by atoms with Crippen LogP contribution in [0.25, 0.3) is 90.8 Å². The first-order valence-electron chi connectivity index (χ1n) is 37.5. The Labute approximate surface area is 742 Å². The Hall–Kier alpha value is -15.3. The molecule has 49 heteroatoms. The molecule has 0 amide bonds. The molecule has 16 rings (SSSR count). The summed E-state index contributed by atoms with van der Waals surface area (Å²) < 4.78 is 52.0. The molecule has 0 bridgehead atoms. The summed E-state index contributed by atoms with van der Waals surface area (Å²) in [6, 6.07) is 3.56. The second-order valence-electron chi connectivity index (χ2n) is 26.5. The van der Waals surface area contributed by atoms with Gasteiger partial charge in [-0.1, -0.05) is 22.9 Å². The van der Waals surface area contributed by atoms with Crippen LogP contribution in [-0.2, 0) is 28.2 Å². The molecule has 0 spiro atoms. The Bertz CT molecular complexity index is 6170. The Morgan fingerprint density at radius 3 is 1.05 bits per heavy atom. The van der Waals surface area contributed by atoms with Crippen molar-refractivity contribution < 1.29 is 42.3 Å². The maximum absolute atomic E-state index is 11.6. The zero-order valence-electron chi connectivity index (χ0n) is 73.4. The number of ether oxygens (including phenoxy) is 8. The van der Waals surface area contributed by atoms with Crippen LogP contribution in [0.2, 0.25) is 4.34 Å². The van der Waals surface area contributed by atoms with E-state index in [2.05, 4.69) is 120 Å². The molecule has 0 atom stereocenters. The lowest BCUT2D eigenvalue weighted by molar-refractivity contribution is 0.402. The minimum absolute atomic E-state index is 0.212. The fraction of sp³-hybridized carbons (Fsp3) is 0.291. The van der Waals surface area contributed by atoms with Crippen molar-refractivity contribution in [2.75, 3.05) is 56.9 Å². The first kappa shape index (κ1) is 96.5. The van der Waals surface area contributed by atoms with Gasteiger partial charge in [0.15, 0.2) is 62.5 Å². The molecule has 672 valence electrons. The highest BCUT2D eigenvalue weighted by Gasteiger charge is 2.20. The molecule has 45 nitrogen and oxygen atoms in total. The molecule has 0 unspecified atom stereocenters. The van der Waals surface area contributed by atoms with Gasteiger partial charge >= 0.3 is 0 Å². The van der Waals surface area contributed by atoms with Crippen molar-refractivity contribution in [3.63, 3.8) is 0 Å². The van der Waals surface area contributed by atoms with Crippen LogP contribution in [-0.4, -0.2) is 195 Å². The van der Waals surface area contributed by atoms with Gasteiger partial charge in [-0.25, -0.2) is 69.8 Å². The average molecular weight is 1830 g/mol. The number of aromatic amines is 8. The average Bonchev–Trinajstić information content (AvgIpc) is 1.92. The number of aryl methyl sites for hydroxylation is 15. The second kappa shape index (κ2) is 43.8. The van der Waals surface area contributed by atoms with E-state index >= 15 is 0 Å². The number of aromatic nitrogens is 28. The van der Waals surface area contributed by atoms with Crippen molar-refractivity contribution in [3.8, 4) is 137 Å². The fourth-order valence-electron chi connectivity index (χ4n) is 11.5. The minimum atomic E-state index is -0.328. The minimum Gasteiger partial charge on any atom is -0.490 e. The van der Waals surface area contributed by atoms with E-state index in [1.165, 1.54) is 103 Å². The SMILES string of the molecule is COc1c(C)nc(-c2ccn(C)n2)[nH]c1=O.COc1c(C)nc(-c2ccnn2C)[nH]c1=O.COc1c(C)nc(-c2cn(C)cn2)[nH]c1=O.COc1c(C)nc(-c2cncn2C)[nH]c1=O.COc1c(C)nc(-c2coc(C)n2)[nH]c1=O.COc1c(C)nc(-c2csc(C)n2)[nH]c1=O.COc1c(C)nc(-c2ncc(C)s2)[nH]c1=O.COc1c(C)nc(-c2ncc(Cl)s2)[nH]c1=O. The van der Waals surface area contributed by atoms with Gasteiger partial charge < -0.3 is 91.3 Å². The zero-order valence-corrected chi connectivity index (χ0v) is 76.6. The van der Waals surface area contributed by atoms with E-state index in [0.29, 0.717) is 135 Å². The van der Waals surface area contributed by atoms with Gasteiger partial charge in [0.25, 0.3) is 44.5 Å². The molecule has 0 aliphatic carbocycles. The number of H-pyrrole nitrogens is 8. The molecular weight excluding hydrogens is 1740 g/mol. The van der Waals surface area contributed by atoms with Crippen LogP contribution in [0.3, 0.4) is 0 Å². The highest BCUT2D eigenvalue weighted by Crippen LogP contribution is 2.28. The second-order valence-corrected chi connectivity index (χ2v) is 30.5. The van der Waals surface area contributed by atoms with Crippen LogP contribution >= 0.6 is 45.6 Å². The van der Waals surface area contributed by atoms with Crippen LogP contribution in [0.1, 0.15) is 61.3 Å². The van der Waals surface area contributed by atoms with E-state index in [-0.39, 0.29) is 90.5 Å². The molecule has 16 heterocycles. The number of nitrogens with one attached hydrogen (secondary N) is 8. The number of oxazole rings is 1. The van der Waals surface area contributed by atoms with Crippen molar-refractivity contribution in [2.24, 2.45) is 28.2 Å². The summed E-state index contributed by atoms with van der Waals surface area (Å²) >= 11 is 10.0. The predicted octanol–water partition coefficient (Wildman–Crippen LogP) is 7.90. The number of hydrogen-bond donors (Lipinski definition) is 8. The van der Waals surface area contributed by atoms with E-state index < -0.39 is 0 Å². The summed E-state index contributed by atoms with van der Waals surface area (Å²) in [4.78, 5) is 174. The van der Waals surface area contributed by atoms with Gasteiger partial charge in [0.1, 0.15) is 44.8 Å². The Morgan fingerprint density at radius 1 is 0.383 bits per heavy atom. The molecule has 8 N–H and O–H groups in total. The largest absolute Gasteiger partial charge is 0.490 e. The first-order valence-corrected chi connectivity index (χ1v) is 40.4. The van der Waals surface area contributed by atoms with E-state index in [4.69, 9.17) is 53.9 Å². The molecular formula is C79H89ClN28O17S3. The van der Waals surface area contributed by atoms with Crippen LogP contribution in [0.4, 0.5) is 0 Å². The van der Waals surface area contributed by atoms with Crippen LogP contribution in [0.5, 0.6) is 46.0 Å². The number of hydrogen-bond acceptors (Lipinski definition) is 36.